The van der Waals surface area contributed by atoms with Crippen LogP contribution in [0.5, 0.6) is 17.2 Å². The molecule has 1 aliphatic heterocycles. The van der Waals surface area contributed by atoms with Crippen LogP contribution in [0.4, 0.5) is 17.6 Å². The second kappa shape index (κ2) is 5.58. The number of halogens is 4. The van der Waals surface area contributed by atoms with E-state index in [1.165, 1.54) is 24.3 Å². The van der Waals surface area contributed by atoms with Crippen LogP contribution in [0.2, 0.25) is 0 Å². The summed E-state index contributed by atoms with van der Waals surface area (Å²) in [5, 5.41) is 9.11. The number of pyridine rings is 1. The number of hydrogen-bond acceptors (Lipinski definition) is 5. The molecule has 0 bridgehead atoms. The number of aromatic nitrogens is 1. The third kappa shape index (κ3) is 3.14. The van der Waals surface area contributed by atoms with E-state index in [4.69, 9.17) is 5.11 Å². The molecule has 3 rings (SSSR count). The van der Waals surface area contributed by atoms with Gasteiger partial charge in [0.05, 0.1) is 12.3 Å². The summed E-state index contributed by atoms with van der Waals surface area (Å²) >= 11 is 0. The Morgan fingerprint density at radius 3 is 2.57 bits per heavy atom. The molecule has 2 heterocycles. The van der Waals surface area contributed by atoms with Crippen LogP contribution in [-0.2, 0) is 6.61 Å². The Balaban J connectivity index is 2.04. The van der Waals surface area contributed by atoms with E-state index in [9.17, 15) is 17.6 Å². The number of ether oxygens (including phenoxy) is 3. The van der Waals surface area contributed by atoms with Crippen molar-refractivity contribution < 1.29 is 36.9 Å². The second-order valence-electron chi connectivity index (χ2n) is 4.51. The predicted molar refractivity (Wildman–Crippen MR) is 68.4 cm³/mol. The molecule has 122 valence electrons. The minimum atomic E-state index is -3.79. The highest BCUT2D eigenvalue weighted by Crippen LogP contribution is 2.43. The SMILES string of the molecule is OCc1ccc(OC(F)F)c(-c2ccc3c(c2)OC(F)(F)O3)n1. The minimum absolute atomic E-state index is 0.0431. The quantitative estimate of drug-likeness (QED) is 0.872. The van der Waals surface area contributed by atoms with Gasteiger partial charge in [0.15, 0.2) is 17.2 Å². The van der Waals surface area contributed by atoms with Crippen molar-refractivity contribution in [2.75, 3.05) is 0 Å². The highest BCUT2D eigenvalue weighted by Gasteiger charge is 2.43. The lowest BCUT2D eigenvalue weighted by Gasteiger charge is -2.11. The van der Waals surface area contributed by atoms with E-state index in [0.717, 1.165) is 6.07 Å². The number of aliphatic hydroxyl groups excluding tert-OH is 1. The summed E-state index contributed by atoms with van der Waals surface area (Å²) in [5.41, 5.74) is 0.346. The van der Waals surface area contributed by atoms with Crippen LogP contribution in [0.25, 0.3) is 11.3 Å². The smallest absolute Gasteiger partial charge is 0.432 e. The van der Waals surface area contributed by atoms with Gasteiger partial charge in [-0.3, -0.25) is 0 Å². The molecule has 0 spiro atoms. The maximum Gasteiger partial charge on any atom is 0.586 e. The van der Waals surface area contributed by atoms with Gasteiger partial charge < -0.3 is 19.3 Å². The fourth-order valence-corrected chi connectivity index (χ4v) is 2.07. The van der Waals surface area contributed by atoms with E-state index in [1.54, 1.807) is 0 Å². The normalized spacial score (nSPS) is 15.0. The molecule has 0 saturated carbocycles. The lowest BCUT2D eigenvalue weighted by atomic mass is 10.1. The zero-order chi connectivity index (χ0) is 16.6. The maximum absolute atomic E-state index is 13.0. The van der Waals surface area contributed by atoms with Gasteiger partial charge in [-0.15, -0.1) is 8.78 Å². The first-order valence-electron chi connectivity index (χ1n) is 6.34. The number of fused-ring (bicyclic) bond motifs is 1. The third-order valence-corrected chi connectivity index (χ3v) is 2.97. The molecule has 0 amide bonds. The highest BCUT2D eigenvalue weighted by atomic mass is 19.3. The summed E-state index contributed by atoms with van der Waals surface area (Å²) < 4.78 is 63.9. The predicted octanol–water partition coefficient (Wildman–Crippen LogP) is 3.16. The fraction of sp³-hybridized carbons (Fsp3) is 0.214. The molecule has 0 atom stereocenters. The van der Waals surface area contributed by atoms with Gasteiger partial charge in [0, 0.05) is 5.56 Å². The van der Waals surface area contributed by atoms with E-state index < -0.39 is 19.5 Å². The molecule has 9 heteroatoms. The van der Waals surface area contributed by atoms with Crippen LogP contribution in [0.3, 0.4) is 0 Å². The highest BCUT2D eigenvalue weighted by molar-refractivity contribution is 5.70. The van der Waals surface area contributed by atoms with Crippen LogP contribution in [0, 0.1) is 0 Å². The molecule has 1 aromatic heterocycles. The van der Waals surface area contributed by atoms with Gasteiger partial charge in [-0.25, -0.2) is 4.98 Å². The van der Waals surface area contributed by atoms with Crippen molar-refractivity contribution in [2.24, 2.45) is 0 Å². The maximum atomic E-state index is 13.0. The van der Waals surface area contributed by atoms with Gasteiger partial charge in [0.25, 0.3) is 0 Å². The Hall–Kier alpha value is -2.55. The van der Waals surface area contributed by atoms with Crippen LogP contribution < -0.4 is 14.2 Å². The summed E-state index contributed by atoms with van der Waals surface area (Å²) in [6.07, 6.45) is -3.79. The van der Waals surface area contributed by atoms with Crippen molar-refractivity contribution in [1.29, 1.82) is 0 Å². The second-order valence-corrected chi connectivity index (χ2v) is 4.51. The standard InChI is InChI=1S/C14H9F4NO4/c15-13(16)21-10-4-2-8(6-20)19-12(10)7-1-3-9-11(5-7)23-14(17,18)22-9/h1-5,13,20H,6H2. The number of alkyl halides is 4. The molecule has 0 fully saturated rings. The molecule has 1 aliphatic rings. The van der Waals surface area contributed by atoms with Gasteiger partial charge in [-0.1, -0.05) is 0 Å². The molecular formula is C14H9F4NO4. The molecule has 0 unspecified atom stereocenters. The molecule has 1 aromatic carbocycles. The molecule has 0 radical (unpaired) electrons. The number of nitrogens with zero attached hydrogens (tertiary/aromatic N) is 1. The fourth-order valence-electron chi connectivity index (χ4n) is 2.07. The van der Waals surface area contributed by atoms with Gasteiger partial charge in [0.2, 0.25) is 0 Å². The van der Waals surface area contributed by atoms with Crippen molar-refractivity contribution >= 4 is 0 Å². The Kier molecular flexibility index (Phi) is 3.72. The topological polar surface area (TPSA) is 60.8 Å². The first-order valence-corrected chi connectivity index (χ1v) is 6.34. The lowest BCUT2D eigenvalue weighted by Crippen LogP contribution is -2.25. The molecule has 0 saturated heterocycles. The van der Waals surface area contributed by atoms with Crippen LogP contribution in [0.15, 0.2) is 30.3 Å². The number of rotatable bonds is 4. The largest absolute Gasteiger partial charge is 0.586 e. The average molecular weight is 331 g/mol. The number of aliphatic hydroxyl groups is 1. The number of benzene rings is 1. The molecule has 0 aliphatic carbocycles. The molecule has 1 N–H and O–H groups in total. The van der Waals surface area contributed by atoms with E-state index >= 15 is 0 Å². The van der Waals surface area contributed by atoms with Gasteiger partial charge >= 0.3 is 12.9 Å². The first kappa shape index (κ1) is 15.3. The zero-order valence-electron chi connectivity index (χ0n) is 11.3. The Bertz CT molecular complexity index is 739. The average Bonchev–Trinajstić information content (AvgIpc) is 2.79. The van der Waals surface area contributed by atoms with E-state index in [1.807, 2.05) is 0 Å². The summed E-state index contributed by atoms with van der Waals surface area (Å²) in [6.45, 7) is -3.52. The van der Waals surface area contributed by atoms with Crippen molar-refractivity contribution in [1.82, 2.24) is 4.98 Å². The summed E-state index contributed by atoms with van der Waals surface area (Å²) in [4.78, 5) is 3.98. The van der Waals surface area contributed by atoms with Gasteiger partial charge in [0.1, 0.15) is 5.69 Å². The zero-order valence-corrected chi connectivity index (χ0v) is 11.3. The monoisotopic (exact) mass is 331 g/mol. The molecule has 23 heavy (non-hydrogen) atoms. The summed E-state index contributed by atoms with van der Waals surface area (Å²) in [7, 11) is 0. The van der Waals surface area contributed by atoms with E-state index in [0.29, 0.717) is 0 Å². The minimum Gasteiger partial charge on any atom is -0.432 e. The summed E-state index contributed by atoms with van der Waals surface area (Å²) in [6, 6.07) is 6.22. The van der Waals surface area contributed by atoms with Crippen LogP contribution >= 0.6 is 0 Å². The number of hydrogen-bond donors (Lipinski definition) is 1. The first-order chi connectivity index (χ1) is 10.9. The molecule has 2 aromatic rings. The molecular weight excluding hydrogens is 322 g/mol. The Morgan fingerprint density at radius 1 is 1.13 bits per heavy atom. The summed E-state index contributed by atoms with van der Waals surface area (Å²) in [5.74, 6) is -0.706. The van der Waals surface area contributed by atoms with E-state index in [-0.39, 0.29) is 34.2 Å². The molecule has 5 nitrogen and oxygen atoms in total. The Labute approximate surface area is 127 Å². The van der Waals surface area contributed by atoms with Crippen molar-refractivity contribution in [3.63, 3.8) is 0 Å². The van der Waals surface area contributed by atoms with Crippen LogP contribution in [-0.4, -0.2) is 23.0 Å². The third-order valence-electron chi connectivity index (χ3n) is 2.97. The van der Waals surface area contributed by atoms with Gasteiger partial charge in [-0.05, 0) is 30.3 Å². The van der Waals surface area contributed by atoms with E-state index in [2.05, 4.69) is 19.2 Å². The Morgan fingerprint density at radius 2 is 1.87 bits per heavy atom. The van der Waals surface area contributed by atoms with Crippen LogP contribution in [0.1, 0.15) is 5.69 Å². The van der Waals surface area contributed by atoms with Gasteiger partial charge in [-0.2, -0.15) is 8.78 Å². The lowest BCUT2D eigenvalue weighted by molar-refractivity contribution is -0.286. The van der Waals surface area contributed by atoms with Crippen molar-refractivity contribution in [3.05, 3.63) is 36.0 Å². The van der Waals surface area contributed by atoms with Crippen molar-refractivity contribution in [2.45, 2.75) is 19.5 Å². The van der Waals surface area contributed by atoms with Crippen molar-refractivity contribution in [3.8, 4) is 28.5 Å².